The molecule has 0 fully saturated rings. The fourth-order valence-corrected chi connectivity index (χ4v) is 3.49. The summed E-state index contributed by atoms with van der Waals surface area (Å²) >= 11 is 0. The van der Waals surface area contributed by atoms with Crippen LogP contribution in [-0.4, -0.2) is 23.5 Å². The van der Waals surface area contributed by atoms with Gasteiger partial charge < -0.3 is 16.5 Å². The van der Waals surface area contributed by atoms with Gasteiger partial charge in [-0.05, 0) is 23.6 Å². The molecule has 23 heavy (non-hydrogen) atoms. The van der Waals surface area contributed by atoms with Crippen LogP contribution < -0.4 is 11.1 Å². The van der Waals surface area contributed by atoms with Crippen molar-refractivity contribution >= 4 is 16.7 Å². The third-order valence-corrected chi connectivity index (χ3v) is 4.49. The number of anilines is 1. The Balaban J connectivity index is 0.00000156. The van der Waals surface area contributed by atoms with Gasteiger partial charge in [-0.25, -0.2) is 4.98 Å². The molecule has 0 saturated heterocycles. The average molecular weight is 307 g/mol. The molecular formula is C19H21N3O. The van der Waals surface area contributed by atoms with Gasteiger partial charge in [-0.15, -0.1) is 0 Å². The molecular weight excluding hydrogens is 286 g/mol. The van der Waals surface area contributed by atoms with Crippen molar-refractivity contribution in [1.82, 2.24) is 4.98 Å². The van der Waals surface area contributed by atoms with Crippen molar-refractivity contribution in [2.75, 3.05) is 18.4 Å². The van der Waals surface area contributed by atoms with Gasteiger partial charge in [0.15, 0.2) is 0 Å². The highest BCUT2D eigenvalue weighted by molar-refractivity contribution is 5.87. The lowest BCUT2D eigenvalue weighted by Gasteiger charge is -2.21. The number of nitrogens with zero attached hydrogens (tertiary/aromatic N) is 1. The topological polar surface area (TPSA) is 82.4 Å². The molecule has 1 aliphatic heterocycles. The molecule has 1 unspecified atom stereocenters. The van der Waals surface area contributed by atoms with E-state index >= 15 is 0 Å². The third kappa shape index (κ3) is 2.56. The summed E-state index contributed by atoms with van der Waals surface area (Å²) in [4.78, 5) is 4.77. The summed E-state index contributed by atoms with van der Waals surface area (Å²) < 4.78 is 0. The number of para-hydroxylation sites is 1. The highest BCUT2D eigenvalue weighted by atomic mass is 16.0. The molecule has 3 aromatic rings. The van der Waals surface area contributed by atoms with E-state index in [4.69, 9.17) is 10.7 Å². The summed E-state index contributed by atoms with van der Waals surface area (Å²) in [5, 5.41) is 4.64. The molecule has 1 aliphatic rings. The summed E-state index contributed by atoms with van der Waals surface area (Å²) in [5.74, 6) is 1.24. The second-order valence-corrected chi connectivity index (χ2v) is 5.75. The van der Waals surface area contributed by atoms with Crippen LogP contribution in [0.1, 0.15) is 22.6 Å². The zero-order valence-electron chi connectivity index (χ0n) is 12.9. The Morgan fingerprint density at radius 1 is 1.04 bits per heavy atom. The zero-order valence-corrected chi connectivity index (χ0v) is 12.9. The van der Waals surface area contributed by atoms with E-state index < -0.39 is 0 Å². The molecule has 4 rings (SSSR count). The summed E-state index contributed by atoms with van der Waals surface area (Å²) in [6.45, 7) is 1.56. The molecule has 0 saturated carbocycles. The van der Waals surface area contributed by atoms with Crippen LogP contribution in [0.3, 0.4) is 0 Å². The Labute approximate surface area is 135 Å². The number of aromatic nitrogens is 1. The minimum atomic E-state index is 0. The molecule has 0 aliphatic carbocycles. The van der Waals surface area contributed by atoms with Crippen molar-refractivity contribution in [3.63, 3.8) is 0 Å². The van der Waals surface area contributed by atoms with E-state index in [-0.39, 0.29) is 11.4 Å². The molecule has 118 valence electrons. The van der Waals surface area contributed by atoms with Crippen LogP contribution in [0.2, 0.25) is 0 Å². The lowest BCUT2D eigenvalue weighted by atomic mass is 9.85. The molecule has 0 amide bonds. The number of rotatable bonds is 3. The van der Waals surface area contributed by atoms with Crippen LogP contribution in [-0.2, 0) is 6.42 Å². The Hall–Kier alpha value is -2.43. The first-order valence-corrected chi connectivity index (χ1v) is 7.79. The van der Waals surface area contributed by atoms with E-state index in [2.05, 4.69) is 47.8 Å². The molecule has 1 aromatic heterocycles. The Kier molecular flexibility index (Phi) is 4.28. The van der Waals surface area contributed by atoms with Crippen LogP contribution in [0.15, 0.2) is 54.6 Å². The van der Waals surface area contributed by atoms with E-state index in [1.807, 2.05) is 12.1 Å². The third-order valence-electron chi connectivity index (χ3n) is 4.49. The van der Waals surface area contributed by atoms with Crippen molar-refractivity contribution in [1.29, 1.82) is 0 Å². The second-order valence-electron chi connectivity index (χ2n) is 5.75. The first-order chi connectivity index (χ1) is 10.9. The maximum Gasteiger partial charge on any atom is 0.130 e. The van der Waals surface area contributed by atoms with Crippen molar-refractivity contribution in [3.05, 3.63) is 71.3 Å². The lowest BCUT2D eigenvalue weighted by molar-refractivity contribution is 0.814. The minimum Gasteiger partial charge on any atom is -0.412 e. The Morgan fingerprint density at radius 2 is 1.78 bits per heavy atom. The molecule has 5 N–H and O–H groups in total. The quantitative estimate of drug-likeness (QED) is 0.780. The van der Waals surface area contributed by atoms with Gasteiger partial charge in [0.05, 0.1) is 5.52 Å². The largest absolute Gasteiger partial charge is 0.412 e. The highest BCUT2D eigenvalue weighted by Gasteiger charge is 2.24. The van der Waals surface area contributed by atoms with Gasteiger partial charge in [0.2, 0.25) is 0 Å². The summed E-state index contributed by atoms with van der Waals surface area (Å²) in [6.07, 6.45) is 1.02. The van der Waals surface area contributed by atoms with Crippen LogP contribution in [0.25, 0.3) is 10.9 Å². The molecule has 2 aromatic carbocycles. The van der Waals surface area contributed by atoms with Gasteiger partial charge in [0, 0.05) is 30.0 Å². The Bertz CT molecular complexity index is 817. The van der Waals surface area contributed by atoms with Crippen molar-refractivity contribution in [3.8, 4) is 0 Å². The monoisotopic (exact) mass is 307 g/mol. The Morgan fingerprint density at radius 3 is 2.57 bits per heavy atom. The van der Waals surface area contributed by atoms with Crippen LogP contribution in [0.5, 0.6) is 0 Å². The maximum absolute atomic E-state index is 6.18. The standard InChI is InChI=1S/C19H19N3.H2O/c20-12-16(13-6-2-1-3-7-13)18-14-8-4-5-9-17(14)22-19-15(18)10-11-21-19;/h1-9,16H,10-12,20H2,(H,21,22);1H2. The predicted octanol–water partition coefficient (Wildman–Crippen LogP) is 2.47. The number of pyridine rings is 1. The van der Waals surface area contributed by atoms with Gasteiger partial charge in [-0.2, -0.15) is 0 Å². The van der Waals surface area contributed by atoms with Gasteiger partial charge in [0.25, 0.3) is 0 Å². The van der Waals surface area contributed by atoms with Crippen molar-refractivity contribution in [2.24, 2.45) is 5.73 Å². The van der Waals surface area contributed by atoms with E-state index in [0.717, 1.165) is 24.3 Å². The van der Waals surface area contributed by atoms with Crippen molar-refractivity contribution < 1.29 is 5.48 Å². The van der Waals surface area contributed by atoms with E-state index in [0.29, 0.717) is 6.54 Å². The van der Waals surface area contributed by atoms with Crippen LogP contribution in [0, 0.1) is 0 Å². The predicted molar refractivity (Wildman–Crippen MR) is 94.9 cm³/mol. The first-order valence-electron chi connectivity index (χ1n) is 7.79. The summed E-state index contributed by atoms with van der Waals surface area (Å²) in [6, 6.07) is 18.9. The minimum absolute atomic E-state index is 0. The fourth-order valence-electron chi connectivity index (χ4n) is 3.49. The highest BCUT2D eigenvalue weighted by Crippen LogP contribution is 2.37. The van der Waals surface area contributed by atoms with Crippen LogP contribution >= 0.6 is 0 Å². The van der Waals surface area contributed by atoms with Gasteiger partial charge in [-0.1, -0.05) is 48.5 Å². The smallest absolute Gasteiger partial charge is 0.130 e. The van der Waals surface area contributed by atoms with Gasteiger partial charge in [0.1, 0.15) is 5.82 Å². The van der Waals surface area contributed by atoms with E-state index in [1.165, 1.54) is 22.1 Å². The summed E-state index contributed by atoms with van der Waals surface area (Å²) in [7, 11) is 0. The van der Waals surface area contributed by atoms with Crippen molar-refractivity contribution in [2.45, 2.75) is 12.3 Å². The van der Waals surface area contributed by atoms with E-state index in [9.17, 15) is 0 Å². The number of nitrogens with two attached hydrogens (primary N) is 1. The molecule has 1 atom stereocenters. The van der Waals surface area contributed by atoms with Gasteiger partial charge in [-0.3, -0.25) is 0 Å². The maximum atomic E-state index is 6.18. The molecule has 4 heteroatoms. The van der Waals surface area contributed by atoms with Crippen LogP contribution in [0.4, 0.5) is 5.82 Å². The molecule has 0 radical (unpaired) electrons. The second kappa shape index (κ2) is 6.36. The lowest BCUT2D eigenvalue weighted by Crippen LogP contribution is -2.16. The SMILES string of the molecule is NCC(c1ccccc1)c1c2c(nc3ccccc13)NCC2.O. The number of benzene rings is 2. The number of nitrogens with one attached hydrogen (secondary N) is 1. The number of fused-ring (bicyclic) bond motifs is 2. The fraction of sp³-hybridized carbons (Fsp3) is 0.211. The van der Waals surface area contributed by atoms with Gasteiger partial charge >= 0.3 is 0 Å². The molecule has 4 nitrogen and oxygen atoms in total. The number of hydrogen-bond acceptors (Lipinski definition) is 3. The van der Waals surface area contributed by atoms with E-state index in [1.54, 1.807) is 0 Å². The molecule has 2 heterocycles. The molecule has 0 bridgehead atoms. The average Bonchev–Trinajstić information content (AvgIpc) is 3.04. The first kappa shape index (κ1) is 15.5. The number of hydrogen-bond donors (Lipinski definition) is 2. The molecule has 0 spiro atoms. The zero-order chi connectivity index (χ0) is 14.9. The normalized spacial score (nSPS) is 14.0. The summed E-state index contributed by atoms with van der Waals surface area (Å²) in [5.41, 5.74) is 11.2.